The van der Waals surface area contributed by atoms with Gasteiger partial charge in [0.2, 0.25) is 0 Å². The Morgan fingerprint density at radius 1 is 0.929 bits per heavy atom. The van der Waals surface area contributed by atoms with Gasteiger partial charge in [0.15, 0.2) is 10.4 Å². The van der Waals surface area contributed by atoms with Crippen molar-refractivity contribution in [3.63, 3.8) is 0 Å². The fourth-order valence-electron chi connectivity index (χ4n) is 2.34. The van der Waals surface area contributed by atoms with Crippen molar-refractivity contribution >= 4 is 55.4 Å². The molecule has 1 aromatic heterocycles. The van der Waals surface area contributed by atoms with Gasteiger partial charge >= 0.3 is 0 Å². The van der Waals surface area contributed by atoms with Crippen molar-refractivity contribution in [1.82, 2.24) is 5.32 Å². The number of rotatable bonds is 5. The molecule has 0 unspecified atom stereocenters. The van der Waals surface area contributed by atoms with E-state index in [1.165, 1.54) is 6.07 Å². The monoisotopic (exact) mass is 502 g/mol. The molecule has 0 saturated carbocycles. The van der Waals surface area contributed by atoms with Gasteiger partial charge in [0.25, 0.3) is 11.8 Å². The van der Waals surface area contributed by atoms with Crippen LogP contribution >= 0.6 is 31.9 Å². The molecule has 2 amide bonds. The molecule has 28 heavy (non-hydrogen) atoms. The van der Waals surface area contributed by atoms with E-state index in [2.05, 4.69) is 42.5 Å². The zero-order valence-electron chi connectivity index (χ0n) is 14.8. The molecule has 3 rings (SSSR count). The zero-order chi connectivity index (χ0) is 20.1. The molecule has 7 heteroatoms. The zero-order valence-corrected chi connectivity index (χ0v) is 18.0. The molecule has 0 fully saturated rings. The third-order valence-electron chi connectivity index (χ3n) is 3.78. The number of hydrogen-bond donors (Lipinski definition) is 2. The molecule has 2 aromatic carbocycles. The molecule has 0 saturated heterocycles. The number of halogens is 2. The third kappa shape index (κ3) is 5.43. The summed E-state index contributed by atoms with van der Waals surface area (Å²) in [5, 5.41) is 5.42. The lowest BCUT2D eigenvalue weighted by molar-refractivity contribution is -0.113. The fourth-order valence-corrected chi connectivity index (χ4v) is 2.91. The van der Waals surface area contributed by atoms with E-state index in [0.717, 1.165) is 15.6 Å². The largest absolute Gasteiger partial charge is 0.444 e. The van der Waals surface area contributed by atoms with Crippen molar-refractivity contribution in [2.45, 2.75) is 6.92 Å². The van der Waals surface area contributed by atoms with Crippen LogP contribution in [0.4, 0.5) is 5.69 Å². The van der Waals surface area contributed by atoms with Crippen molar-refractivity contribution in [2.75, 3.05) is 5.32 Å². The third-order valence-corrected chi connectivity index (χ3v) is 4.74. The number of hydrogen-bond acceptors (Lipinski definition) is 3. The molecule has 142 valence electrons. The van der Waals surface area contributed by atoms with E-state index in [4.69, 9.17) is 4.42 Å². The van der Waals surface area contributed by atoms with E-state index in [9.17, 15) is 9.59 Å². The van der Waals surface area contributed by atoms with Gasteiger partial charge in [0.1, 0.15) is 5.70 Å². The first-order valence-electron chi connectivity index (χ1n) is 8.33. The Morgan fingerprint density at radius 3 is 2.21 bits per heavy atom. The minimum Gasteiger partial charge on any atom is -0.444 e. The van der Waals surface area contributed by atoms with Gasteiger partial charge in [0.05, 0.1) is 0 Å². The first kappa shape index (κ1) is 20.1. The molecule has 2 N–H and O–H groups in total. The SMILES string of the molecule is Cc1ccc(NC(=O)C(=Cc2ccc(Br)cc2)NC(=O)c2ccc(Br)o2)cc1. The van der Waals surface area contributed by atoms with Crippen LogP contribution in [0.25, 0.3) is 6.08 Å². The van der Waals surface area contributed by atoms with E-state index in [1.807, 2.05) is 43.3 Å². The summed E-state index contributed by atoms with van der Waals surface area (Å²) in [6.45, 7) is 1.96. The van der Waals surface area contributed by atoms with E-state index < -0.39 is 11.8 Å². The number of amides is 2. The van der Waals surface area contributed by atoms with E-state index in [0.29, 0.717) is 10.4 Å². The topological polar surface area (TPSA) is 71.3 Å². The van der Waals surface area contributed by atoms with Crippen LogP contribution in [0.15, 0.2) is 79.9 Å². The fraction of sp³-hybridized carbons (Fsp3) is 0.0476. The number of anilines is 1. The molecular weight excluding hydrogens is 488 g/mol. The number of carbonyl (C=O) groups excluding carboxylic acids is 2. The predicted octanol–water partition coefficient (Wildman–Crippen LogP) is 5.52. The van der Waals surface area contributed by atoms with Crippen LogP contribution in [0.2, 0.25) is 0 Å². The summed E-state index contributed by atoms with van der Waals surface area (Å²) in [4.78, 5) is 25.3. The van der Waals surface area contributed by atoms with Gasteiger partial charge in [0, 0.05) is 10.2 Å². The Balaban J connectivity index is 1.86. The molecular formula is C21H16Br2N2O3. The van der Waals surface area contributed by atoms with Gasteiger partial charge < -0.3 is 15.1 Å². The lowest BCUT2D eigenvalue weighted by Crippen LogP contribution is -2.30. The van der Waals surface area contributed by atoms with Crippen LogP contribution in [0, 0.1) is 6.92 Å². The average molecular weight is 504 g/mol. The van der Waals surface area contributed by atoms with Gasteiger partial charge in [-0.2, -0.15) is 0 Å². The normalized spacial score (nSPS) is 11.2. The van der Waals surface area contributed by atoms with E-state index in [1.54, 1.807) is 24.3 Å². The molecule has 5 nitrogen and oxygen atoms in total. The van der Waals surface area contributed by atoms with Crippen molar-refractivity contribution in [3.05, 3.63) is 92.4 Å². The number of benzene rings is 2. The molecule has 1 heterocycles. The summed E-state index contributed by atoms with van der Waals surface area (Å²) in [6, 6.07) is 17.9. The lowest BCUT2D eigenvalue weighted by atomic mass is 10.1. The van der Waals surface area contributed by atoms with Gasteiger partial charge in [-0.3, -0.25) is 9.59 Å². The van der Waals surface area contributed by atoms with Crippen LogP contribution < -0.4 is 10.6 Å². The smallest absolute Gasteiger partial charge is 0.291 e. The minimum atomic E-state index is -0.520. The first-order chi connectivity index (χ1) is 13.4. The van der Waals surface area contributed by atoms with Gasteiger partial charge in [-0.25, -0.2) is 0 Å². The molecule has 0 spiro atoms. The Bertz CT molecular complexity index is 1020. The highest BCUT2D eigenvalue weighted by Gasteiger charge is 2.17. The Hall–Kier alpha value is -2.64. The lowest BCUT2D eigenvalue weighted by Gasteiger charge is -2.11. The molecule has 0 atom stereocenters. The minimum absolute atomic E-state index is 0.0942. The van der Waals surface area contributed by atoms with E-state index >= 15 is 0 Å². The number of nitrogens with one attached hydrogen (secondary N) is 2. The molecule has 0 bridgehead atoms. The maximum atomic E-state index is 12.8. The Kier molecular flexibility index (Phi) is 6.49. The molecule has 3 aromatic rings. The second kappa shape index (κ2) is 9.03. The molecule has 0 aliphatic carbocycles. The predicted molar refractivity (Wildman–Crippen MR) is 116 cm³/mol. The van der Waals surface area contributed by atoms with Crippen molar-refractivity contribution in [3.8, 4) is 0 Å². The average Bonchev–Trinajstić information content (AvgIpc) is 3.11. The first-order valence-corrected chi connectivity index (χ1v) is 9.91. The highest BCUT2D eigenvalue weighted by Crippen LogP contribution is 2.17. The van der Waals surface area contributed by atoms with Crippen LogP contribution in [0.5, 0.6) is 0 Å². The highest BCUT2D eigenvalue weighted by molar-refractivity contribution is 9.10. The summed E-state index contributed by atoms with van der Waals surface area (Å²) in [7, 11) is 0. The van der Waals surface area contributed by atoms with Crippen LogP contribution in [0.1, 0.15) is 21.7 Å². The van der Waals surface area contributed by atoms with Crippen LogP contribution in [-0.2, 0) is 4.79 Å². The maximum Gasteiger partial charge on any atom is 0.291 e. The Labute approximate surface area is 179 Å². The maximum absolute atomic E-state index is 12.8. The number of carbonyl (C=O) groups is 2. The van der Waals surface area contributed by atoms with E-state index in [-0.39, 0.29) is 11.5 Å². The Morgan fingerprint density at radius 2 is 1.61 bits per heavy atom. The van der Waals surface area contributed by atoms with Crippen molar-refractivity contribution < 1.29 is 14.0 Å². The second-order valence-electron chi connectivity index (χ2n) is 5.99. The van der Waals surface area contributed by atoms with Crippen LogP contribution in [0.3, 0.4) is 0 Å². The summed E-state index contributed by atoms with van der Waals surface area (Å²) in [5.41, 5.74) is 2.58. The highest BCUT2D eigenvalue weighted by atomic mass is 79.9. The van der Waals surface area contributed by atoms with Crippen molar-refractivity contribution in [1.29, 1.82) is 0 Å². The second-order valence-corrected chi connectivity index (χ2v) is 7.68. The number of furan rings is 1. The van der Waals surface area contributed by atoms with Crippen molar-refractivity contribution in [2.24, 2.45) is 0 Å². The summed E-state index contributed by atoms with van der Waals surface area (Å²) in [5.74, 6) is -0.865. The quantitative estimate of drug-likeness (QED) is 0.450. The van der Waals surface area contributed by atoms with Gasteiger partial charge in [-0.1, -0.05) is 45.8 Å². The summed E-state index contributed by atoms with van der Waals surface area (Å²) < 4.78 is 6.61. The standard InChI is InChI=1S/C21H16Br2N2O3/c1-13-2-8-16(9-3-13)24-20(26)17(12-14-4-6-15(22)7-5-14)25-21(27)18-10-11-19(23)28-18/h2-12H,1H3,(H,24,26)(H,25,27). The molecule has 0 aliphatic rings. The van der Waals surface area contributed by atoms with Gasteiger partial charge in [-0.05, 0) is 70.9 Å². The molecule has 0 aliphatic heterocycles. The van der Waals surface area contributed by atoms with Crippen LogP contribution in [-0.4, -0.2) is 11.8 Å². The summed E-state index contributed by atoms with van der Waals surface area (Å²) in [6.07, 6.45) is 1.60. The number of aryl methyl sites for hydroxylation is 1. The molecule has 0 radical (unpaired) electrons. The van der Waals surface area contributed by atoms with Gasteiger partial charge in [-0.15, -0.1) is 0 Å². The summed E-state index contributed by atoms with van der Waals surface area (Å²) >= 11 is 6.54.